The van der Waals surface area contributed by atoms with Crippen LogP contribution < -0.4 is 0 Å². The zero-order valence-electron chi connectivity index (χ0n) is 34.8. The fraction of sp³-hybridized carbons (Fsp3) is 0.0333. The van der Waals surface area contributed by atoms with Crippen LogP contribution in [0.25, 0.3) is 105 Å². The molecule has 14 rings (SSSR count). The van der Waals surface area contributed by atoms with Crippen LogP contribution in [-0.4, -0.2) is 19.0 Å². The quantitative estimate of drug-likeness (QED) is 0.169. The lowest BCUT2D eigenvalue weighted by Crippen LogP contribution is -2.06. The van der Waals surface area contributed by atoms with E-state index in [-0.39, 0.29) is 0 Å². The number of hydrogen-bond donors (Lipinski definition) is 0. The van der Waals surface area contributed by atoms with Crippen LogP contribution >= 0.6 is 11.8 Å². The van der Waals surface area contributed by atoms with Crippen molar-refractivity contribution in [3.63, 3.8) is 0 Å². The number of para-hydroxylation sites is 4. The van der Waals surface area contributed by atoms with Gasteiger partial charge in [0.25, 0.3) is 0 Å². The van der Waals surface area contributed by atoms with Crippen molar-refractivity contribution in [2.45, 2.75) is 16.1 Å². The molecule has 0 saturated carbocycles. The molecule has 0 radical (unpaired) electrons. The molecule has 2 unspecified atom stereocenters. The molecule has 300 valence electrons. The van der Waals surface area contributed by atoms with Crippen LogP contribution in [0.2, 0.25) is 0 Å². The molecule has 0 amide bonds. The fourth-order valence-corrected chi connectivity index (χ4v) is 12.4. The van der Waals surface area contributed by atoms with Crippen LogP contribution in [0.1, 0.15) is 11.5 Å². The van der Waals surface area contributed by atoms with Gasteiger partial charge in [-0.2, -0.15) is 0 Å². The second-order valence-corrected chi connectivity index (χ2v) is 18.4. The third-order valence-electron chi connectivity index (χ3n) is 13.8. The van der Waals surface area contributed by atoms with E-state index in [2.05, 4.69) is 238 Å². The van der Waals surface area contributed by atoms with Gasteiger partial charge in [-0.25, -0.2) is 0 Å². The van der Waals surface area contributed by atoms with Crippen LogP contribution in [0.15, 0.2) is 229 Å². The van der Waals surface area contributed by atoms with E-state index >= 15 is 0 Å². The summed E-state index contributed by atoms with van der Waals surface area (Å²) >= 11 is 2.00. The summed E-state index contributed by atoms with van der Waals surface area (Å²) in [6.45, 7) is 0. The Balaban J connectivity index is 0.840. The molecule has 12 aromatic rings. The average molecular weight is 834 g/mol. The zero-order chi connectivity index (χ0) is 41.9. The number of benzene rings is 9. The summed E-state index contributed by atoms with van der Waals surface area (Å²) in [5.41, 5.74) is 17.2. The lowest BCUT2D eigenvalue weighted by molar-refractivity contribution is 0.881. The van der Waals surface area contributed by atoms with Crippen LogP contribution in [0.3, 0.4) is 0 Å². The number of aromatic nitrogens is 3. The number of nitrogens with zero attached hydrogens (tertiary/aromatic N) is 3. The first kappa shape index (κ1) is 35.8. The summed E-state index contributed by atoms with van der Waals surface area (Å²) in [7, 11) is 0. The third-order valence-corrected chi connectivity index (χ3v) is 15.2. The Morgan fingerprint density at radius 3 is 1.23 bits per heavy atom. The van der Waals surface area contributed by atoms with E-state index in [9.17, 15) is 0 Å². The maximum Gasteiger partial charge on any atom is 0.0541 e. The Hall–Kier alpha value is -7.79. The molecule has 0 N–H and O–H groups in total. The van der Waals surface area contributed by atoms with Gasteiger partial charge in [0.1, 0.15) is 0 Å². The molecule has 9 aromatic carbocycles. The molecule has 2 atom stereocenters. The van der Waals surface area contributed by atoms with E-state index in [1.54, 1.807) is 0 Å². The summed E-state index contributed by atoms with van der Waals surface area (Å²) in [5.74, 6) is 0.455. The normalized spacial score (nSPS) is 15.6. The lowest BCUT2D eigenvalue weighted by Gasteiger charge is -2.14. The van der Waals surface area contributed by atoms with Crippen molar-refractivity contribution in [2.24, 2.45) is 0 Å². The second kappa shape index (κ2) is 13.9. The summed E-state index contributed by atoms with van der Waals surface area (Å²) in [6, 6.07) is 74.1. The molecule has 4 heteroatoms. The van der Waals surface area contributed by atoms with Crippen molar-refractivity contribution in [2.75, 3.05) is 0 Å². The first-order chi connectivity index (χ1) is 31.7. The van der Waals surface area contributed by atoms with Crippen LogP contribution in [-0.2, 0) is 0 Å². The Kier molecular flexibility index (Phi) is 7.74. The van der Waals surface area contributed by atoms with Crippen molar-refractivity contribution in [1.82, 2.24) is 13.7 Å². The van der Waals surface area contributed by atoms with E-state index in [0.29, 0.717) is 11.2 Å². The SMILES string of the molecule is C1=CC2Sc3c(-c4ccc(-n5c6ccccc6c6cc(-c7ccc8c(c7)c7ccccc7n8-c7ccc(-n8c9ccccc9c9ccccc98)cc7)ccc65)cc4)cccc3C2C=C1. The predicted octanol–water partition coefficient (Wildman–Crippen LogP) is 16.0. The van der Waals surface area contributed by atoms with Crippen LogP contribution in [0, 0.1) is 0 Å². The number of rotatable bonds is 5. The molecule has 3 aromatic heterocycles. The molecule has 0 bridgehead atoms. The highest BCUT2D eigenvalue weighted by atomic mass is 32.2. The van der Waals surface area contributed by atoms with Gasteiger partial charge < -0.3 is 13.7 Å². The molecular weight excluding hydrogens is 795 g/mol. The second-order valence-electron chi connectivity index (χ2n) is 17.2. The molecular formula is C60H39N3S. The molecule has 64 heavy (non-hydrogen) atoms. The smallest absolute Gasteiger partial charge is 0.0541 e. The van der Waals surface area contributed by atoms with Gasteiger partial charge >= 0.3 is 0 Å². The Bertz CT molecular complexity index is 3880. The van der Waals surface area contributed by atoms with E-state index < -0.39 is 0 Å². The van der Waals surface area contributed by atoms with E-state index in [1.807, 2.05) is 11.8 Å². The Morgan fingerprint density at radius 1 is 0.328 bits per heavy atom. The first-order valence-electron chi connectivity index (χ1n) is 22.2. The minimum Gasteiger partial charge on any atom is -0.309 e. The molecule has 3 nitrogen and oxygen atoms in total. The van der Waals surface area contributed by atoms with Crippen LogP contribution in [0.4, 0.5) is 0 Å². The van der Waals surface area contributed by atoms with Gasteiger partial charge in [-0.1, -0.05) is 140 Å². The predicted molar refractivity (Wildman–Crippen MR) is 271 cm³/mol. The summed E-state index contributed by atoms with van der Waals surface area (Å²) < 4.78 is 7.22. The topological polar surface area (TPSA) is 14.8 Å². The molecule has 1 aliphatic heterocycles. The molecule has 0 fully saturated rings. The fourth-order valence-electron chi connectivity index (χ4n) is 10.9. The van der Waals surface area contributed by atoms with Crippen molar-refractivity contribution in [3.05, 3.63) is 230 Å². The Labute approximate surface area is 374 Å². The highest BCUT2D eigenvalue weighted by Crippen LogP contribution is 2.52. The number of allylic oxidation sites excluding steroid dienone is 3. The van der Waals surface area contributed by atoms with Gasteiger partial charge in [-0.15, -0.1) is 11.8 Å². The zero-order valence-corrected chi connectivity index (χ0v) is 35.6. The van der Waals surface area contributed by atoms with E-state index in [1.165, 1.54) is 104 Å². The van der Waals surface area contributed by atoms with Gasteiger partial charge in [0, 0.05) is 65.4 Å². The van der Waals surface area contributed by atoms with Gasteiger partial charge in [-0.05, 0) is 113 Å². The summed E-state index contributed by atoms with van der Waals surface area (Å²) in [6.07, 6.45) is 9.09. The van der Waals surface area contributed by atoms with Crippen molar-refractivity contribution in [1.29, 1.82) is 0 Å². The van der Waals surface area contributed by atoms with E-state index in [0.717, 1.165) is 11.4 Å². The van der Waals surface area contributed by atoms with Gasteiger partial charge in [0.05, 0.1) is 33.1 Å². The standard InChI is InChI=1S/C60H39N3S/c1-6-19-53-45(12-1)46-13-2-7-20-54(46)61(53)42-30-32-43(33-31-42)63-56-22-9-4-15-48(56)52-37-40(27-35-58(52)63)39-26-34-57-51(36-39)47-14-3-8-21-55(47)62(57)41-28-24-38(25-29-41)44-17-11-18-50-49-16-5-10-23-59(49)64-60(44)50/h1-37,49,59H. The lowest BCUT2D eigenvalue weighted by atomic mass is 9.90. The van der Waals surface area contributed by atoms with Gasteiger partial charge in [-0.3, -0.25) is 0 Å². The average Bonchev–Trinajstić information content (AvgIpc) is 4.10. The minimum atomic E-state index is 0.455. The van der Waals surface area contributed by atoms with Crippen molar-refractivity contribution >= 4 is 77.2 Å². The van der Waals surface area contributed by atoms with Crippen LogP contribution in [0.5, 0.6) is 0 Å². The third kappa shape index (κ3) is 5.24. The molecule has 1 aliphatic carbocycles. The molecule has 2 aliphatic rings. The number of thioether (sulfide) groups is 1. The molecule has 0 saturated heterocycles. The van der Waals surface area contributed by atoms with Crippen molar-refractivity contribution < 1.29 is 0 Å². The molecule has 4 heterocycles. The van der Waals surface area contributed by atoms with Gasteiger partial charge in [0.15, 0.2) is 0 Å². The monoisotopic (exact) mass is 833 g/mol. The maximum atomic E-state index is 2.43. The first-order valence-corrected chi connectivity index (χ1v) is 23.0. The summed E-state index contributed by atoms with van der Waals surface area (Å²) in [4.78, 5) is 1.42. The minimum absolute atomic E-state index is 0.455. The van der Waals surface area contributed by atoms with Gasteiger partial charge in [0.2, 0.25) is 0 Å². The van der Waals surface area contributed by atoms with Crippen molar-refractivity contribution in [3.8, 4) is 39.3 Å². The number of fused-ring (bicyclic) bond motifs is 12. The summed E-state index contributed by atoms with van der Waals surface area (Å²) in [5, 5.41) is 8.03. The number of hydrogen-bond acceptors (Lipinski definition) is 1. The van der Waals surface area contributed by atoms with E-state index in [4.69, 9.17) is 0 Å². The Morgan fingerprint density at radius 2 is 0.734 bits per heavy atom. The molecule has 0 spiro atoms. The largest absolute Gasteiger partial charge is 0.309 e. The maximum absolute atomic E-state index is 2.43. The highest BCUT2D eigenvalue weighted by Gasteiger charge is 2.32. The highest BCUT2D eigenvalue weighted by molar-refractivity contribution is 8.00.